The first-order valence-corrected chi connectivity index (χ1v) is 4.88. The zero-order valence-corrected chi connectivity index (χ0v) is 8.31. The van der Waals surface area contributed by atoms with E-state index in [1.165, 1.54) is 12.1 Å². The van der Waals surface area contributed by atoms with Crippen LogP contribution in [0.2, 0.25) is 0 Å². The van der Waals surface area contributed by atoms with Crippen molar-refractivity contribution in [2.75, 3.05) is 0 Å². The smallest absolute Gasteiger partial charge is 0.123 e. The molecule has 0 atom stereocenters. The van der Waals surface area contributed by atoms with Gasteiger partial charge in [-0.25, -0.2) is 4.39 Å². The first-order chi connectivity index (χ1) is 7.84. The van der Waals surface area contributed by atoms with Gasteiger partial charge in [-0.2, -0.15) is 5.10 Å². The van der Waals surface area contributed by atoms with Gasteiger partial charge in [-0.05, 0) is 18.2 Å². The molecule has 3 aromatic rings. The van der Waals surface area contributed by atoms with Crippen LogP contribution in [-0.2, 0) is 0 Å². The number of aromatic nitrogens is 3. The number of hydrogen-bond acceptors (Lipinski definition) is 2. The van der Waals surface area contributed by atoms with Crippen LogP contribution in [-0.4, -0.2) is 15.2 Å². The number of fused-ring (bicyclic) bond motifs is 1. The molecule has 1 aromatic carbocycles. The molecule has 1 N–H and O–H groups in total. The van der Waals surface area contributed by atoms with Crippen LogP contribution in [0.4, 0.5) is 4.39 Å². The summed E-state index contributed by atoms with van der Waals surface area (Å²) in [6, 6.07) is 8.25. The summed E-state index contributed by atoms with van der Waals surface area (Å²) in [6.45, 7) is 0. The first kappa shape index (κ1) is 9.03. The van der Waals surface area contributed by atoms with Gasteiger partial charge in [0.15, 0.2) is 0 Å². The Labute approximate surface area is 91.0 Å². The Hall–Kier alpha value is -2.23. The van der Waals surface area contributed by atoms with Gasteiger partial charge in [0.1, 0.15) is 11.5 Å². The summed E-state index contributed by atoms with van der Waals surface area (Å²) in [6.07, 6.45) is 3.39. The highest BCUT2D eigenvalue weighted by molar-refractivity contribution is 5.92. The zero-order chi connectivity index (χ0) is 11.0. The van der Waals surface area contributed by atoms with Crippen LogP contribution in [0.1, 0.15) is 0 Å². The standard InChI is InChI=1S/C12H8FN3/c13-9-3-1-2-8(6-9)12-10-4-5-14-7-11(10)15-16-12/h1-7H,(H,15,16). The number of hydrogen-bond donors (Lipinski definition) is 1. The molecule has 0 radical (unpaired) electrons. The number of H-pyrrole nitrogens is 1. The van der Waals surface area contributed by atoms with Crippen molar-refractivity contribution in [3.63, 3.8) is 0 Å². The second-order valence-electron chi connectivity index (χ2n) is 3.50. The lowest BCUT2D eigenvalue weighted by atomic mass is 10.1. The highest BCUT2D eigenvalue weighted by Gasteiger charge is 2.07. The molecule has 3 nitrogen and oxygen atoms in total. The van der Waals surface area contributed by atoms with Crippen molar-refractivity contribution in [3.8, 4) is 11.3 Å². The second kappa shape index (κ2) is 3.41. The molecule has 2 aromatic heterocycles. The highest BCUT2D eigenvalue weighted by Crippen LogP contribution is 2.25. The fourth-order valence-electron chi connectivity index (χ4n) is 1.72. The van der Waals surface area contributed by atoms with E-state index in [4.69, 9.17) is 0 Å². The topological polar surface area (TPSA) is 41.6 Å². The van der Waals surface area contributed by atoms with E-state index in [1.54, 1.807) is 18.5 Å². The van der Waals surface area contributed by atoms with Gasteiger partial charge in [-0.15, -0.1) is 0 Å². The third-order valence-corrected chi connectivity index (χ3v) is 2.46. The van der Waals surface area contributed by atoms with Crippen molar-refractivity contribution in [2.45, 2.75) is 0 Å². The maximum absolute atomic E-state index is 13.1. The number of rotatable bonds is 1. The zero-order valence-electron chi connectivity index (χ0n) is 8.31. The molecule has 0 saturated carbocycles. The Morgan fingerprint density at radius 1 is 1.19 bits per heavy atom. The molecular formula is C12H8FN3. The second-order valence-corrected chi connectivity index (χ2v) is 3.50. The van der Waals surface area contributed by atoms with Crippen molar-refractivity contribution in [1.29, 1.82) is 0 Å². The molecule has 0 bridgehead atoms. The van der Waals surface area contributed by atoms with E-state index in [-0.39, 0.29) is 5.82 Å². The van der Waals surface area contributed by atoms with Crippen LogP contribution in [0.25, 0.3) is 22.2 Å². The maximum Gasteiger partial charge on any atom is 0.123 e. The summed E-state index contributed by atoms with van der Waals surface area (Å²) >= 11 is 0. The molecule has 0 spiro atoms. The summed E-state index contributed by atoms with van der Waals surface area (Å²) in [7, 11) is 0. The molecule has 0 aliphatic heterocycles. The monoisotopic (exact) mass is 213 g/mol. The molecule has 0 aliphatic rings. The van der Waals surface area contributed by atoms with Gasteiger partial charge >= 0.3 is 0 Å². The molecule has 0 amide bonds. The number of aromatic amines is 1. The molecule has 2 heterocycles. The molecule has 0 saturated heterocycles. The number of halogens is 1. The molecule has 3 rings (SSSR count). The van der Waals surface area contributed by atoms with Gasteiger partial charge in [0.05, 0.1) is 11.7 Å². The molecule has 4 heteroatoms. The lowest BCUT2D eigenvalue weighted by Gasteiger charge is -1.97. The third kappa shape index (κ3) is 1.35. The Morgan fingerprint density at radius 3 is 3.00 bits per heavy atom. The van der Waals surface area contributed by atoms with Gasteiger partial charge in [0, 0.05) is 17.1 Å². The Kier molecular flexibility index (Phi) is 1.93. The van der Waals surface area contributed by atoms with Gasteiger partial charge < -0.3 is 0 Å². The van der Waals surface area contributed by atoms with E-state index < -0.39 is 0 Å². The van der Waals surface area contributed by atoms with Crippen molar-refractivity contribution in [2.24, 2.45) is 0 Å². The minimum absolute atomic E-state index is 0.261. The summed E-state index contributed by atoms with van der Waals surface area (Å²) in [5, 5.41) is 7.99. The first-order valence-electron chi connectivity index (χ1n) is 4.88. The van der Waals surface area contributed by atoms with Gasteiger partial charge in [-0.3, -0.25) is 10.1 Å². The van der Waals surface area contributed by atoms with Crippen LogP contribution in [0.3, 0.4) is 0 Å². The SMILES string of the molecule is Fc1cccc(-c2n[nH]c3cnccc23)c1. The predicted molar refractivity (Wildman–Crippen MR) is 59.3 cm³/mol. The van der Waals surface area contributed by atoms with Gasteiger partial charge in [0.2, 0.25) is 0 Å². The van der Waals surface area contributed by atoms with Crippen molar-refractivity contribution >= 4 is 10.9 Å². The van der Waals surface area contributed by atoms with Crippen LogP contribution in [0.5, 0.6) is 0 Å². The van der Waals surface area contributed by atoms with E-state index in [1.807, 2.05) is 12.1 Å². The van der Waals surface area contributed by atoms with E-state index in [9.17, 15) is 4.39 Å². The summed E-state index contributed by atoms with van der Waals surface area (Å²) in [5.41, 5.74) is 2.36. The minimum atomic E-state index is -0.261. The van der Waals surface area contributed by atoms with E-state index in [0.29, 0.717) is 0 Å². The van der Waals surface area contributed by atoms with Crippen LogP contribution in [0.15, 0.2) is 42.7 Å². The highest BCUT2D eigenvalue weighted by atomic mass is 19.1. The fourth-order valence-corrected chi connectivity index (χ4v) is 1.72. The number of benzene rings is 1. The van der Waals surface area contributed by atoms with Gasteiger partial charge in [-0.1, -0.05) is 12.1 Å². The largest absolute Gasteiger partial charge is 0.276 e. The van der Waals surface area contributed by atoms with Crippen LogP contribution in [0, 0.1) is 5.82 Å². The molecular weight excluding hydrogens is 205 g/mol. The van der Waals surface area contributed by atoms with E-state index in [2.05, 4.69) is 15.2 Å². The normalized spacial score (nSPS) is 10.8. The number of nitrogens with one attached hydrogen (secondary N) is 1. The van der Waals surface area contributed by atoms with Crippen molar-refractivity contribution in [3.05, 3.63) is 48.5 Å². The van der Waals surface area contributed by atoms with Crippen molar-refractivity contribution < 1.29 is 4.39 Å². The van der Waals surface area contributed by atoms with E-state index in [0.717, 1.165) is 22.2 Å². The molecule has 0 fully saturated rings. The molecule has 16 heavy (non-hydrogen) atoms. The fraction of sp³-hybridized carbons (Fsp3) is 0. The molecule has 0 aliphatic carbocycles. The Morgan fingerprint density at radius 2 is 2.12 bits per heavy atom. The van der Waals surface area contributed by atoms with Crippen molar-refractivity contribution in [1.82, 2.24) is 15.2 Å². The quantitative estimate of drug-likeness (QED) is 0.675. The lowest BCUT2D eigenvalue weighted by Crippen LogP contribution is -1.80. The summed E-state index contributed by atoms with van der Waals surface area (Å²) in [5.74, 6) is -0.261. The number of pyridine rings is 1. The summed E-state index contributed by atoms with van der Waals surface area (Å²) < 4.78 is 13.1. The maximum atomic E-state index is 13.1. The van der Waals surface area contributed by atoms with Crippen LogP contribution >= 0.6 is 0 Å². The van der Waals surface area contributed by atoms with E-state index >= 15 is 0 Å². The molecule has 0 unspecified atom stereocenters. The Balaban J connectivity index is 2.26. The number of nitrogens with zero attached hydrogens (tertiary/aromatic N) is 2. The summed E-state index contributed by atoms with van der Waals surface area (Å²) in [4.78, 5) is 3.99. The predicted octanol–water partition coefficient (Wildman–Crippen LogP) is 2.76. The lowest BCUT2D eigenvalue weighted by molar-refractivity contribution is 0.628. The molecule has 78 valence electrons. The third-order valence-electron chi connectivity index (χ3n) is 2.46. The Bertz CT molecular complexity index is 645. The van der Waals surface area contributed by atoms with Crippen LogP contribution < -0.4 is 0 Å². The van der Waals surface area contributed by atoms with Gasteiger partial charge in [0.25, 0.3) is 0 Å². The minimum Gasteiger partial charge on any atom is -0.276 e. The average Bonchev–Trinajstić information content (AvgIpc) is 2.72. The average molecular weight is 213 g/mol.